The van der Waals surface area contributed by atoms with Gasteiger partial charge in [0.15, 0.2) is 0 Å². The van der Waals surface area contributed by atoms with Gasteiger partial charge in [-0.2, -0.15) is 0 Å². The van der Waals surface area contributed by atoms with Crippen molar-refractivity contribution in [1.29, 1.82) is 0 Å². The molecule has 2 aromatic heterocycles. The minimum atomic E-state index is -0.933. The van der Waals surface area contributed by atoms with E-state index in [1.165, 1.54) is 11.3 Å². The quantitative estimate of drug-likeness (QED) is 0.387. The molecule has 2 atom stereocenters. The Kier molecular flexibility index (Phi) is 5.10. The Balaban J connectivity index is 1.43. The molecule has 4 aromatic rings. The molecule has 1 saturated heterocycles. The van der Waals surface area contributed by atoms with Crippen LogP contribution in [0, 0.1) is 0 Å². The maximum atomic E-state index is 14.6. The van der Waals surface area contributed by atoms with Crippen molar-refractivity contribution in [2.24, 2.45) is 0 Å². The lowest BCUT2D eigenvalue weighted by Crippen LogP contribution is -2.45. The fraction of sp³-hybridized carbons (Fsp3) is 0.296. The summed E-state index contributed by atoms with van der Waals surface area (Å²) in [6.45, 7) is 1.95. The van der Waals surface area contributed by atoms with Crippen LogP contribution in [0.5, 0.6) is 5.75 Å². The Morgan fingerprint density at radius 1 is 1.14 bits per heavy atom. The zero-order chi connectivity index (χ0) is 25.0. The second-order valence-electron chi connectivity index (χ2n) is 9.65. The van der Waals surface area contributed by atoms with Gasteiger partial charge in [0, 0.05) is 30.6 Å². The third-order valence-electron chi connectivity index (χ3n) is 7.62. The molecule has 1 fully saturated rings. The molecule has 0 saturated carbocycles. The number of rotatable bonds is 1. The molecule has 0 aliphatic carbocycles. The number of carbonyl (C=O) groups excluding carboxylic acids is 2. The molecule has 9 nitrogen and oxygen atoms in total. The first kappa shape index (κ1) is 22.2. The molecular formula is C27H24N6O3S. The topological polar surface area (TPSA) is 93.5 Å². The number of likely N-dealkylation sites (tertiary alicyclic amines) is 1. The minimum Gasteiger partial charge on any atom is -0.494 e. The first-order chi connectivity index (χ1) is 18.1. The van der Waals surface area contributed by atoms with Crippen molar-refractivity contribution in [2.45, 2.75) is 37.4 Å². The first-order valence-corrected chi connectivity index (χ1v) is 13.3. The van der Waals surface area contributed by atoms with Crippen LogP contribution in [0.4, 0.5) is 5.69 Å². The first-order valence-electron chi connectivity index (χ1n) is 12.4. The van der Waals surface area contributed by atoms with Crippen LogP contribution < -0.4 is 9.64 Å². The summed E-state index contributed by atoms with van der Waals surface area (Å²) >= 11 is 1.39. The summed E-state index contributed by atoms with van der Waals surface area (Å²) in [6, 6.07) is 15.2. The molecule has 10 heteroatoms. The van der Waals surface area contributed by atoms with Crippen LogP contribution in [0.3, 0.4) is 0 Å². The van der Waals surface area contributed by atoms with E-state index in [2.05, 4.69) is 15.3 Å². The third kappa shape index (κ3) is 3.39. The van der Waals surface area contributed by atoms with Gasteiger partial charge < -0.3 is 14.5 Å². The van der Waals surface area contributed by atoms with E-state index in [1.807, 2.05) is 64.5 Å². The summed E-state index contributed by atoms with van der Waals surface area (Å²) in [5, 5.41) is 10.4. The highest BCUT2D eigenvalue weighted by Gasteiger charge is 2.61. The van der Waals surface area contributed by atoms with E-state index in [1.54, 1.807) is 15.6 Å². The summed E-state index contributed by atoms with van der Waals surface area (Å²) in [5.41, 5.74) is 4.52. The highest BCUT2D eigenvalue weighted by Crippen LogP contribution is 2.57. The number of benzene rings is 2. The van der Waals surface area contributed by atoms with E-state index < -0.39 is 11.5 Å². The molecule has 2 amide bonds. The summed E-state index contributed by atoms with van der Waals surface area (Å²) in [4.78, 5) is 36.2. The highest BCUT2D eigenvalue weighted by atomic mass is 32.1. The molecular weight excluding hydrogens is 488 g/mol. The van der Waals surface area contributed by atoms with Crippen molar-refractivity contribution in [3.05, 3.63) is 88.1 Å². The van der Waals surface area contributed by atoms with Crippen molar-refractivity contribution in [2.75, 3.05) is 18.1 Å². The fourth-order valence-electron chi connectivity index (χ4n) is 6.06. The molecule has 2 aromatic carbocycles. The van der Waals surface area contributed by atoms with Crippen molar-refractivity contribution in [1.82, 2.24) is 24.9 Å². The Bertz CT molecular complexity index is 1500. The van der Waals surface area contributed by atoms with E-state index in [-0.39, 0.29) is 11.8 Å². The number of aromatic nitrogens is 4. The van der Waals surface area contributed by atoms with E-state index in [4.69, 9.17) is 4.74 Å². The van der Waals surface area contributed by atoms with Crippen LogP contribution in [0.1, 0.15) is 46.2 Å². The van der Waals surface area contributed by atoms with Gasteiger partial charge in [-0.05, 0) is 35.7 Å². The molecule has 37 heavy (non-hydrogen) atoms. The monoisotopic (exact) mass is 512 g/mol. The Morgan fingerprint density at radius 3 is 2.95 bits per heavy atom. The van der Waals surface area contributed by atoms with Crippen molar-refractivity contribution >= 4 is 28.8 Å². The summed E-state index contributed by atoms with van der Waals surface area (Å²) in [6.07, 6.45) is 3.17. The van der Waals surface area contributed by atoms with Crippen LogP contribution in [0.25, 0.3) is 0 Å². The maximum Gasteiger partial charge on any atom is 0.273 e. The second-order valence-corrected chi connectivity index (χ2v) is 10.4. The second kappa shape index (κ2) is 8.52. The maximum absolute atomic E-state index is 14.6. The van der Waals surface area contributed by atoms with Gasteiger partial charge in [-0.3, -0.25) is 14.3 Å². The number of ether oxygens (including phenoxy) is 1. The smallest absolute Gasteiger partial charge is 0.273 e. The number of carbonyl (C=O) groups is 2. The van der Waals surface area contributed by atoms with E-state index >= 15 is 0 Å². The number of hydrogen-bond donors (Lipinski definition) is 0. The SMILES string of the molecule is O=C(c1cscn1)N1CC[C@@]23C(=O)N(Cc4cn(nn4)CCCOc4cccc(c4)[C@H]12)c1ccccc13. The number of hydrogen-bond acceptors (Lipinski definition) is 7. The number of aryl methyl sites for hydroxylation is 1. The molecule has 1 spiro atoms. The zero-order valence-corrected chi connectivity index (χ0v) is 20.8. The lowest BCUT2D eigenvalue weighted by molar-refractivity contribution is -0.124. The van der Waals surface area contributed by atoms with Gasteiger partial charge in [0.25, 0.3) is 5.91 Å². The summed E-state index contributed by atoms with van der Waals surface area (Å²) in [5.74, 6) is 0.521. The van der Waals surface area contributed by atoms with Crippen molar-refractivity contribution < 1.29 is 14.3 Å². The van der Waals surface area contributed by atoms with E-state index in [0.29, 0.717) is 44.1 Å². The molecule has 5 heterocycles. The Labute approximate surface area is 217 Å². The number of nitrogens with zero attached hydrogens (tertiary/aromatic N) is 6. The molecule has 3 aliphatic heterocycles. The van der Waals surface area contributed by atoms with Crippen LogP contribution in [0.15, 0.2) is 65.6 Å². The summed E-state index contributed by atoms with van der Waals surface area (Å²) in [7, 11) is 0. The lowest BCUT2D eigenvalue weighted by atomic mass is 9.72. The van der Waals surface area contributed by atoms with Gasteiger partial charge in [-0.15, -0.1) is 16.4 Å². The molecule has 7 rings (SSSR count). The number of para-hydroxylation sites is 1. The van der Waals surface area contributed by atoms with Gasteiger partial charge in [-0.1, -0.05) is 35.5 Å². The van der Waals surface area contributed by atoms with Crippen LogP contribution >= 0.6 is 11.3 Å². The third-order valence-corrected chi connectivity index (χ3v) is 8.21. The molecule has 0 N–H and O–H groups in total. The average molecular weight is 513 g/mol. The van der Waals surface area contributed by atoms with Crippen LogP contribution in [-0.2, 0) is 23.3 Å². The highest BCUT2D eigenvalue weighted by molar-refractivity contribution is 7.07. The Morgan fingerprint density at radius 2 is 2.05 bits per heavy atom. The predicted molar refractivity (Wildman–Crippen MR) is 136 cm³/mol. The Hall–Kier alpha value is -4.05. The molecule has 3 aliphatic rings. The molecule has 6 bridgehead atoms. The van der Waals surface area contributed by atoms with Gasteiger partial charge in [0.1, 0.15) is 22.6 Å². The van der Waals surface area contributed by atoms with Gasteiger partial charge in [0.05, 0.1) is 30.9 Å². The van der Waals surface area contributed by atoms with E-state index in [0.717, 1.165) is 28.9 Å². The van der Waals surface area contributed by atoms with E-state index in [9.17, 15) is 9.59 Å². The average Bonchev–Trinajstić information content (AvgIpc) is 3.72. The predicted octanol–water partition coefficient (Wildman–Crippen LogP) is 3.59. The van der Waals surface area contributed by atoms with Crippen LogP contribution in [-0.4, -0.2) is 49.8 Å². The van der Waals surface area contributed by atoms with Gasteiger partial charge in [0.2, 0.25) is 5.91 Å². The summed E-state index contributed by atoms with van der Waals surface area (Å²) < 4.78 is 7.88. The number of amides is 2. The number of thiazole rings is 1. The van der Waals surface area contributed by atoms with Gasteiger partial charge in [-0.25, -0.2) is 4.98 Å². The molecule has 0 radical (unpaired) electrons. The van der Waals surface area contributed by atoms with Crippen molar-refractivity contribution in [3.8, 4) is 5.75 Å². The molecule has 186 valence electrons. The lowest BCUT2D eigenvalue weighted by Gasteiger charge is -2.35. The minimum absolute atomic E-state index is 0.0250. The van der Waals surface area contributed by atoms with Gasteiger partial charge >= 0.3 is 0 Å². The number of anilines is 1. The largest absolute Gasteiger partial charge is 0.494 e. The number of fused-ring (bicyclic) bond motifs is 8. The zero-order valence-electron chi connectivity index (χ0n) is 20.0. The molecule has 0 unspecified atom stereocenters. The standard InChI is InChI=1S/C27H24N6O3S/c34-25(22-16-37-17-28-22)32-11-9-27-21-7-1-2-8-23(21)33(26(27)35)15-19-14-31(30-29-19)10-4-12-36-20-6-3-5-18(13-20)24(27)32/h1-3,5-8,13-14,16-17,24H,4,9-12,15H2/t24-,27-/m0/s1. The van der Waals surface area contributed by atoms with Crippen molar-refractivity contribution in [3.63, 3.8) is 0 Å². The van der Waals surface area contributed by atoms with Crippen LogP contribution in [0.2, 0.25) is 0 Å². The normalized spacial score (nSPS) is 22.6. The fourth-order valence-corrected chi connectivity index (χ4v) is 6.59.